The number of piperidine rings is 2. The minimum absolute atomic E-state index is 0.00298. The number of carboxylic acids is 1. The van der Waals surface area contributed by atoms with Crippen molar-refractivity contribution in [1.82, 2.24) is 39.3 Å². The van der Waals surface area contributed by atoms with Crippen LogP contribution in [0.25, 0.3) is 22.1 Å². The smallest absolute Gasteiger partial charge is 0.410 e. The zero-order chi connectivity index (χ0) is 58.3. The fraction of sp³-hybridized carbons (Fsp3) is 0.365. The van der Waals surface area contributed by atoms with Crippen molar-refractivity contribution in [2.24, 2.45) is 0 Å². The molecule has 8 aromatic rings. The molecular weight excluding hydrogens is 1040 g/mol. The molecule has 428 valence electrons. The zero-order valence-corrected chi connectivity index (χ0v) is 47.9. The van der Waals surface area contributed by atoms with E-state index in [0.717, 1.165) is 70.5 Å². The van der Waals surface area contributed by atoms with Crippen molar-refractivity contribution in [2.45, 2.75) is 110 Å². The number of rotatable bonds is 14. The number of pyridine rings is 2. The summed E-state index contributed by atoms with van der Waals surface area (Å²) in [6.07, 6.45) is 6.09. The summed E-state index contributed by atoms with van der Waals surface area (Å²) in [7, 11) is 3.28. The Morgan fingerprint density at radius 2 is 0.915 bits per heavy atom. The largest absolute Gasteiger partial charge is 0.497 e. The average Bonchev–Trinajstić information content (AvgIpc) is 4.26. The van der Waals surface area contributed by atoms with Crippen LogP contribution >= 0.6 is 0 Å². The van der Waals surface area contributed by atoms with Crippen LogP contribution in [-0.2, 0) is 22.6 Å². The van der Waals surface area contributed by atoms with Gasteiger partial charge < -0.3 is 43.3 Å². The van der Waals surface area contributed by atoms with Crippen molar-refractivity contribution < 1.29 is 52.7 Å². The third-order valence-electron chi connectivity index (χ3n) is 14.0. The number of hydrogen-bond donors (Lipinski definition) is 1. The van der Waals surface area contributed by atoms with Gasteiger partial charge >= 0.3 is 18.2 Å². The number of aromatic carboxylic acids is 1. The summed E-state index contributed by atoms with van der Waals surface area (Å²) in [4.78, 5) is 61.8. The highest BCUT2D eigenvalue weighted by molar-refractivity contribution is 5.94. The normalized spacial score (nSPS) is 15.5. The van der Waals surface area contributed by atoms with Crippen molar-refractivity contribution in [3.05, 3.63) is 155 Å². The van der Waals surface area contributed by atoms with Crippen LogP contribution in [0.2, 0.25) is 0 Å². The molecule has 0 radical (unpaired) electrons. The van der Waals surface area contributed by atoms with Crippen LogP contribution in [0.15, 0.2) is 122 Å². The van der Waals surface area contributed by atoms with Gasteiger partial charge in [-0.25, -0.2) is 33.7 Å². The zero-order valence-electron chi connectivity index (χ0n) is 47.9. The van der Waals surface area contributed by atoms with Crippen LogP contribution in [-0.4, -0.2) is 120 Å². The lowest BCUT2D eigenvalue weighted by atomic mass is 9.93. The Labute approximate surface area is 476 Å². The third-order valence-corrected chi connectivity index (χ3v) is 14.0. The summed E-state index contributed by atoms with van der Waals surface area (Å²) in [5.41, 5.74) is 4.71. The van der Waals surface area contributed by atoms with E-state index in [-0.39, 0.29) is 35.4 Å². The lowest BCUT2D eigenvalue weighted by Gasteiger charge is -2.33. The average molecular weight is 1120 g/mol. The molecule has 0 saturated carbocycles. The Morgan fingerprint density at radius 3 is 1.27 bits per heavy atom. The fourth-order valence-corrected chi connectivity index (χ4v) is 10.0. The van der Waals surface area contributed by atoms with Crippen LogP contribution < -0.4 is 18.9 Å². The number of benzene rings is 4. The van der Waals surface area contributed by atoms with Gasteiger partial charge in [-0.15, -0.1) is 0 Å². The number of ketones is 1. The Kier molecular flexibility index (Phi) is 17.4. The van der Waals surface area contributed by atoms with Crippen LogP contribution in [0.4, 0.5) is 9.59 Å². The van der Waals surface area contributed by atoms with E-state index in [0.29, 0.717) is 79.1 Å². The first-order valence-corrected chi connectivity index (χ1v) is 27.4. The van der Waals surface area contributed by atoms with Gasteiger partial charge in [0.25, 0.3) is 0 Å². The highest BCUT2D eigenvalue weighted by atomic mass is 16.6. The number of aromatic nitrogens is 6. The molecule has 19 nitrogen and oxygen atoms in total. The minimum Gasteiger partial charge on any atom is -0.497 e. The van der Waals surface area contributed by atoms with E-state index in [9.17, 15) is 24.3 Å². The molecule has 2 atom stereocenters. The first-order chi connectivity index (χ1) is 39.2. The molecule has 2 aliphatic heterocycles. The molecule has 2 unspecified atom stereocenters. The van der Waals surface area contributed by atoms with Crippen molar-refractivity contribution >= 4 is 46.0 Å². The van der Waals surface area contributed by atoms with Crippen LogP contribution in [0.3, 0.4) is 0 Å². The van der Waals surface area contributed by atoms with Gasteiger partial charge in [-0.2, -0.15) is 10.2 Å². The van der Waals surface area contributed by atoms with Gasteiger partial charge in [0.1, 0.15) is 45.7 Å². The Hall–Kier alpha value is -9.00. The second kappa shape index (κ2) is 24.8. The van der Waals surface area contributed by atoms with E-state index >= 15 is 0 Å². The lowest BCUT2D eigenvalue weighted by molar-refractivity contribution is 0.0187. The minimum atomic E-state index is -1.00. The highest BCUT2D eigenvalue weighted by Gasteiger charge is 2.34. The van der Waals surface area contributed by atoms with E-state index in [1.165, 1.54) is 19.1 Å². The Morgan fingerprint density at radius 1 is 0.537 bits per heavy atom. The van der Waals surface area contributed by atoms with Gasteiger partial charge in [-0.3, -0.25) is 4.79 Å². The topological polar surface area (TPSA) is 212 Å². The molecule has 0 spiro atoms. The summed E-state index contributed by atoms with van der Waals surface area (Å²) in [5.74, 6) is 2.75. The number of carbonyl (C=O) groups excluding carboxylic acids is 3. The molecule has 2 fully saturated rings. The first-order valence-electron chi connectivity index (χ1n) is 27.4. The first kappa shape index (κ1) is 57.7. The van der Waals surface area contributed by atoms with Crippen molar-refractivity contribution in [3.8, 4) is 34.5 Å². The quantitative estimate of drug-likeness (QED) is 0.100. The monoisotopic (exact) mass is 1110 g/mol. The molecule has 2 amide bonds. The number of methoxy groups -OCH3 is 2. The fourth-order valence-electron chi connectivity index (χ4n) is 10.0. The maximum atomic E-state index is 12.9. The third kappa shape index (κ3) is 14.1. The van der Waals surface area contributed by atoms with Crippen LogP contribution in [0.5, 0.6) is 34.5 Å². The Balaban J connectivity index is 0.000000198. The maximum Gasteiger partial charge on any atom is 0.410 e. The van der Waals surface area contributed by atoms with E-state index in [1.54, 1.807) is 78.9 Å². The number of amides is 2. The summed E-state index contributed by atoms with van der Waals surface area (Å²) in [6, 6.07) is 32.6. The lowest BCUT2D eigenvalue weighted by Crippen LogP contribution is -2.42. The number of likely N-dealkylation sites (tertiary alicyclic amines) is 2. The summed E-state index contributed by atoms with van der Waals surface area (Å²) in [6.45, 7) is 15.9. The molecule has 2 saturated heterocycles. The van der Waals surface area contributed by atoms with Gasteiger partial charge in [0.2, 0.25) is 0 Å². The van der Waals surface area contributed by atoms with E-state index in [1.807, 2.05) is 106 Å². The van der Waals surface area contributed by atoms with Crippen molar-refractivity contribution in [1.29, 1.82) is 0 Å². The van der Waals surface area contributed by atoms with Crippen molar-refractivity contribution in [3.63, 3.8) is 0 Å². The number of nitrogens with zero attached hydrogens (tertiary/aromatic N) is 8. The molecule has 4 aromatic carbocycles. The van der Waals surface area contributed by atoms with E-state index < -0.39 is 17.2 Å². The van der Waals surface area contributed by atoms with Crippen LogP contribution in [0, 0.1) is 0 Å². The summed E-state index contributed by atoms with van der Waals surface area (Å²) < 4.78 is 38.3. The molecule has 19 heteroatoms. The van der Waals surface area contributed by atoms with Gasteiger partial charge in [0.15, 0.2) is 17.1 Å². The van der Waals surface area contributed by atoms with E-state index in [2.05, 4.69) is 4.98 Å². The number of Topliss-reactive ketones (excluding diaryl/α,β-unsaturated/α-hetero) is 1. The van der Waals surface area contributed by atoms with Crippen LogP contribution in [0.1, 0.15) is 129 Å². The molecule has 6 heterocycles. The maximum absolute atomic E-state index is 12.9. The number of ether oxygens (including phenoxy) is 6. The highest BCUT2D eigenvalue weighted by Crippen LogP contribution is 2.40. The SMILES string of the molecule is COc1ccc(Cn2nc(C3CCCN(C(=O)OC(C)(C)C)C3)c3c(Oc4ccc(C(=O)O)cc4)ccnc32)cc1.COc1ccc(Cn2nc(C3CCCN(C(=O)OC(C)(C)C)C3)c3c(Oc4ccc(C(C)=O)cc4)ccnc32)cc1. The predicted molar refractivity (Wildman–Crippen MR) is 309 cm³/mol. The van der Waals surface area contributed by atoms with Crippen molar-refractivity contribution in [2.75, 3.05) is 40.4 Å². The Bertz CT molecular complexity index is 3310. The molecule has 0 bridgehead atoms. The molecule has 10 rings (SSSR count). The van der Waals surface area contributed by atoms with Gasteiger partial charge in [0.05, 0.1) is 55.0 Å². The standard InChI is InChI=1S/C32H36N4O5.C31H34N4O6/c1-21(37)23-10-14-26(15-11-23)40-27-16-17-33-30-28(27)29(34-36(30)19-22-8-12-25(39-5)13-9-22)24-7-6-18-35(20-24)31(38)41-32(2,3)4;1-31(2,3)41-30(38)34-17-5-6-22(19-34)27-26-25(40-24-13-9-21(10-14-24)29(36)37)15-16-32-28(26)35(33-27)18-20-7-11-23(39-4)12-8-20/h8-17,24H,6-7,18-20H2,1-5H3;7-16,22H,5-6,17-19H2,1-4H3,(H,36,37). The van der Waals surface area contributed by atoms with E-state index in [4.69, 9.17) is 43.6 Å². The number of fused-ring (bicyclic) bond motifs is 2. The number of carbonyl (C=O) groups is 4. The number of carboxylic acid groups (broad SMARTS) is 1. The molecule has 1 N–H and O–H groups in total. The van der Waals surface area contributed by atoms with Gasteiger partial charge in [-0.1, -0.05) is 24.3 Å². The predicted octanol–water partition coefficient (Wildman–Crippen LogP) is 12.7. The summed E-state index contributed by atoms with van der Waals surface area (Å²) in [5, 5.41) is 21.0. The van der Waals surface area contributed by atoms with Gasteiger partial charge in [0, 0.05) is 56.0 Å². The second-order valence-corrected chi connectivity index (χ2v) is 22.4. The molecule has 2 aliphatic rings. The molecule has 4 aromatic heterocycles. The van der Waals surface area contributed by atoms with Gasteiger partial charge in [-0.05, 0) is 170 Å². The molecular formula is C63H70N8O11. The second-order valence-electron chi connectivity index (χ2n) is 22.4. The summed E-state index contributed by atoms with van der Waals surface area (Å²) >= 11 is 0. The molecule has 0 aliphatic carbocycles. The molecule has 82 heavy (non-hydrogen) atoms. The number of hydrogen-bond acceptors (Lipinski definition) is 14.